The van der Waals surface area contributed by atoms with Gasteiger partial charge in [-0.3, -0.25) is 4.79 Å². The smallest absolute Gasteiger partial charge is 0.309 e. The van der Waals surface area contributed by atoms with Crippen molar-refractivity contribution in [3.8, 4) is 6.07 Å². The molecule has 8 heteroatoms. The van der Waals surface area contributed by atoms with Crippen molar-refractivity contribution in [2.24, 2.45) is 5.41 Å². The molecule has 136 valence electrons. The molecule has 2 fully saturated rings. The maximum absolute atomic E-state index is 13.1. The molecule has 1 N–H and O–H groups in total. The van der Waals surface area contributed by atoms with Gasteiger partial charge < -0.3 is 5.32 Å². The lowest BCUT2D eigenvalue weighted by Gasteiger charge is -2.26. The maximum atomic E-state index is 13.1. The number of hydrogen-bond donors (Lipinski definition) is 1. The molecule has 0 bridgehead atoms. The molecule has 4 rings (SSSR count). The highest BCUT2D eigenvalue weighted by molar-refractivity contribution is 5.92. The largest absolute Gasteiger partial charge is 0.395 e. The van der Waals surface area contributed by atoms with Gasteiger partial charge in [0.05, 0.1) is 22.6 Å². The fourth-order valence-corrected chi connectivity index (χ4v) is 3.52. The van der Waals surface area contributed by atoms with Crippen LogP contribution < -0.4 is 5.32 Å². The normalized spacial score (nSPS) is 19.0. The molecule has 2 heterocycles. The van der Waals surface area contributed by atoms with Crippen LogP contribution in [0.1, 0.15) is 55.6 Å². The van der Waals surface area contributed by atoms with E-state index in [9.17, 15) is 18.0 Å². The van der Waals surface area contributed by atoms with E-state index in [2.05, 4.69) is 16.5 Å². The van der Waals surface area contributed by atoms with E-state index in [1.165, 1.54) is 0 Å². The zero-order chi connectivity index (χ0) is 18.5. The Morgan fingerprint density at radius 1 is 1.42 bits per heavy atom. The minimum Gasteiger partial charge on any atom is -0.309 e. The number of pyridine rings is 1. The Labute approximate surface area is 147 Å². The summed E-state index contributed by atoms with van der Waals surface area (Å²) < 4.78 is 40.8. The van der Waals surface area contributed by atoms with Gasteiger partial charge in [0.25, 0.3) is 0 Å². The first-order valence-electron chi connectivity index (χ1n) is 8.62. The van der Waals surface area contributed by atoms with Crippen molar-refractivity contribution in [1.29, 1.82) is 5.26 Å². The number of nitriles is 1. The molecule has 26 heavy (non-hydrogen) atoms. The van der Waals surface area contributed by atoms with E-state index in [1.54, 1.807) is 22.8 Å². The number of alkyl halides is 3. The topological polar surface area (TPSA) is 70.2 Å². The molecule has 0 aliphatic heterocycles. The molecule has 0 atom stereocenters. The monoisotopic (exact) mass is 362 g/mol. The van der Waals surface area contributed by atoms with Crippen molar-refractivity contribution in [2.45, 2.75) is 50.6 Å². The number of carbonyl (C=O) groups excluding carboxylic acids is 1. The van der Waals surface area contributed by atoms with Crippen LogP contribution in [-0.4, -0.2) is 21.7 Å². The van der Waals surface area contributed by atoms with Gasteiger partial charge in [0.1, 0.15) is 0 Å². The van der Waals surface area contributed by atoms with Crippen molar-refractivity contribution < 1.29 is 18.0 Å². The van der Waals surface area contributed by atoms with E-state index in [1.807, 2.05) is 0 Å². The van der Waals surface area contributed by atoms with Crippen molar-refractivity contribution in [3.63, 3.8) is 0 Å². The number of nitrogens with one attached hydrogen (secondary N) is 1. The molecule has 2 aliphatic rings. The van der Waals surface area contributed by atoms with Crippen LogP contribution >= 0.6 is 0 Å². The number of anilines is 1. The lowest BCUT2D eigenvalue weighted by atomic mass is 9.80. The number of rotatable bonds is 4. The number of aromatic nitrogens is 2. The lowest BCUT2D eigenvalue weighted by Crippen LogP contribution is -2.30. The molecule has 1 amide bonds. The Bertz CT molecular complexity index is 917. The summed E-state index contributed by atoms with van der Waals surface area (Å²) in [5.74, 6) is -0.147. The quantitative estimate of drug-likeness (QED) is 0.888. The number of amides is 1. The van der Waals surface area contributed by atoms with Gasteiger partial charge in [0.15, 0.2) is 5.82 Å². The van der Waals surface area contributed by atoms with Gasteiger partial charge in [-0.1, -0.05) is 6.42 Å². The van der Waals surface area contributed by atoms with E-state index in [-0.39, 0.29) is 18.8 Å². The van der Waals surface area contributed by atoms with Gasteiger partial charge in [0.2, 0.25) is 5.91 Å². The van der Waals surface area contributed by atoms with Crippen molar-refractivity contribution in [3.05, 3.63) is 29.5 Å². The van der Waals surface area contributed by atoms with Gasteiger partial charge in [-0.2, -0.15) is 18.4 Å². The van der Waals surface area contributed by atoms with Crippen LogP contribution in [0.25, 0.3) is 5.52 Å². The molecule has 0 aromatic carbocycles. The molecule has 0 saturated heterocycles. The van der Waals surface area contributed by atoms with Crippen molar-refractivity contribution in [1.82, 2.24) is 9.61 Å². The SMILES string of the molecule is N#Cc1ccn2nc(NC(=O)CC3(C(F)(F)F)CC3)c(C3CCC3)c2c1. The molecule has 0 unspecified atom stereocenters. The van der Waals surface area contributed by atoms with E-state index in [0.717, 1.165) is 30.3 Å². The molecule has 5 nitrogen and oxygen atoms in total. The fraction of sp³-hybridized carbons (Fsp3) is 0.500. The molecular weight excluding hydrogens is 345 g/mol. The van der Waals surface area contributed by atoms with E-state index in [4.69, 9.17) is 5.26 Å². The van der Waals surface area contributed by atoms with E-state index >= 15 is 0 Å². The van der Waals surface area contributed by atoms with Crippen molar-refractivity contribution in [2.75, 3.05) is 5.32 Å². The van der Waals surface area contributed by atoms with Crippen LogP contribution in [0.5, 0.6) is 0 Å². The number of nitrogens with zero attached hydrogens (tertiary/aromatic N) is 3. The highest BCUT2D eigenvalue weighted by Crippen LogP contribution is 2.60. The molecular formula is C18H17F3N4O. The number of halogens is 3. The molecule has 2 aliphatic carbocycles. The van der Waals surface area contributed by atoms with Crippen LogP contribution in [0.3, 0.4) is 0 Å². The number of carbonyl (C=O) groups is 1. The fourth-order valence-electron chi connectivity index (χ4n) is 3.52. The summed E-state index contributed by atoms with van der Waals surface area (Å²) in [5, 5.41) is 16.0. The summed E-state index contributed by atoms with van der Waals surface area (Å²) in [6.45, 7) is 0. The molecule has 0 radical (unpaired) electrons. The summed E-state index contributed by atoms with van der Waals surface area (Å²) in [4.78, 5) is 12.3. The molecule has 0 spiro atoms. The number of hydrogen-bond acceptors (Lipinski definition) is 3. The second-order valence-electron chi connectivity index (χ2n) is 7.25. The highest BCUT2D eigenvalue weighted by Gasteiger charge is 2.63. The first-order valence-corrected chi connectivity index (χ1v) is 8.62. The van der Waals surface area contributed by atoms with Crippen LogP contribution in [0, 0.1) is 16.7 Å². The minimum atomic E-state index is -4.36. The predicted octanol–water partition coefficient (Wildman–Crippen LogP) is 4.14. The summed E-state index contributed by atoms with van der Waals surface area (Å²) in [5.41, 5.74) is 0.144. The van der Waals surface area contributed by atoms with Gasteiger partial charge in [-0.25, -0.2) is 4.52 Å². The average Bonchev–Trinajstić information content (AvgIpc) is 3.24. The Kier molecular flexibility index (Phi) is 3.72. The van der Waals surface area contributed by atoms with E-state index < -0.39 is 23.9 Å². The summed E-state index contributed by atoms with van der Waals surface area (Å²) in [7, 11) is 0. The average molecular weight is 362 g/mol. The van der Waals surface area contributed by atoms with Gasteiger partial charge >= 0.3 is 6.18 Å². The van der Waals surface area contributed by atoms with Gasteiger partial charge in [-0.15, -0.1) is 5.10 Å². The summed E-state index contributed by atoms with van der Waals surface area (Å²) in [6, 6.07) is 5.39. The predicted molar refractivity (Wildman–Crippen MR) is 87.5 cm³/mol. The van der Waals surface area contributed by atoms with Crippen LogP contribution in [0.2, 0.25) is 0 Å². The van der Waals surface area contributed by atoms with Crippen LogP contribution in [0.15, 0.2) is 18.3 Å². The Hall–Kier alpha value is -2.56. The molecule has 2 aromatic rings. The van der Waals surface area contributed by atoms with Crippen molar-refractivity contribution >= 4 is 17.2 Å². The third kappa shape index (κ3) is 2.71. The second kappa shape index (κ2) is 5.73. The Morgan fingerprint density at radius 3 is 2.69 bits per heavy atom. The minimum absolute atomic E-state index is 0.00387. The summed E-state index contributed by atoms with van der Waals surface area (Å²) in [6.07, 6.45) is -0.374. The third-order valence-electron chi connectivity index (χ3n) is 5.53. The molecule has 2 saturated carbocycles. The Balaban J connectivity index is 1.64. The first-order chi connectivity index (χ1) is 12.3. The second-order valence-corrected chi connectivity index (χ2v) is 7.25. The van der Waals surface area contributed by atoms with Crippen LogP contribution in [-0.2, 0) is 4.79 Å². The maximum Gasteiger partial charge on any atom is 0.395 e. The third-order valence-corrected chi connectivity index (χ3v) is 5.53. The zero-order valence-corrected chi connectivity index (χ0v) is 13.9. The van der Waals surface area contributed by atoms with Gasteiger partial charge in [-0.05, 0) is 43.7 Å². The standard InChI is InChI=1S/C18H17F3N4O/c19-18(20,21)17(5-6-17)9-14(26)23-16-15(12-2-1-3-12)13-8-11(10-22)4-7-25(13)24-16/h4,7-8,12H,1-3,5-6,9H2,(H,23,24,26). The first kappa shape index (κ1) is 16.9. The van der Waals surface area contributed by atoms with E-state index in [0.29, 0.717) is 11.4 Å². The molecule has 2 aromatic heterocycles. The van der Waals surface area contributed by atoms with Gasteiger partial charge in [0, 0.05) is 18.2 Å². The Morgan fingerprint density at radius 2 is 2.15 bits per heavy atom. The number of fused-ring (bicyclic) bond motifs is 1. The lowest BCUT2D eigenvalue weighted by molar-refractivity contribution is -0.189. The highest BCUT2D eigenvalue weighted by atomic mass is 19.4. The van der Waals surface area contributed by atoms with Crippen LogP contribution in [0.4, 0.5) is 19.0 Å². The zero-order valence-electron chi connectivity index (χ0n) is 13.9. The summed E-state index contributed by atoms with van der Waals surface area (Å²) >= 11 is 0.